The van der Waals surface area contributed by atoms with Gasteiger partial charge in [0.1, 0.15) is 11.6 Å². The highest BCUT2D eigenvalue weighted by Crippen LogP contribution is 2.31. The van der Waals surface area contributed by atoms with Gasteiger partial charge in [0.25, 0.3) is 0 Å². The van der Waals surface area contributed by atoms with E-state index in [4.69, 9.17) is 10.2 Å². The minimum absolute atomic E-state index is 0.525. The number of hydrogen-bond acceptors (Lipinski definition) is 3. The third-order valence-electron chi connectivity index (χ3n) is 2.20. The average Bonchev–Trinajstić information content (AvgIpc) is 2.59. The number of hydrogen-bond donors (Lipinski definition) is 2. The van der Waals surface area contributed by atoms with Crippen molar-refractivity contribution in [3.8, 4) is 11.3 Å². The van der Waals surface area contributed by atoms with Gasteiger partial charge in [0, 0.05) is 17.2 Å². The van der Waals surface area contributed by atoms with Gasteiger partial charge in [-0.2, -0.15) is 5.10 Å². The number of anilines is 1. The largest absolute Gasteiger partial charge is 0.454 e. The van der Waals surface area contributed by atoms with Crippen molar-refractivity contribution in [2.75, 3.05) is 5.73 Å². The van der Waals surface area contributed by atoms with Gasteiger partial charge in [-0.15, -0.1) is 0 Å². The average molecular weight is 256 g/mol. The van der Waals surface area contributed by atoms with Crippen molar-refractivity contribution in [3.63, 3.8) is 0 Å². The maximum absolute atomic E-state index is 5.65. The van der Waals surface area contributed by atoms with Crippen LogP contribution in [0, 0.1) is 13.8 Å². The summed E-state index contributed by atoms with van der Waals surface area (Å²) in [5.41, 5.74) is 8.49. The number of furan rings is 1. The SMILES string of the molecule is Cc1oc(Br)cc1-c1[nH]nc(N)c1C. The van der Waals surface area contributed by atoms with Gasteiger partial charge in [-0.1, -0.05) is 0 Å². The highest BCUT2D eigenvalue weighted by molar-refractivity contribution is 9.10. The summed E-state index contributed by atoms with van der Waals surface area (Å²) in [7, 11) is 0. The summed E-state index contributed by atoms with van der Waals surface area (Å²) in [5, 5.41) is 6.83. The van der Waals surface area contributed by atoms with Crippen LogP contribution in [0.3, 0.4) is 0 Å². The lowest BCUT2D eigenvalue weighted by Crippen LogP contribution is -1.86. The van der Waals surface area contributed by atoms with Crippen molar-refractivity contribution in [1.82, 2.24) is 10.2 Å². The van der Waals surface area contributed by atoms with E-state index in [0.717, 1.165) is 22.6 Å². The lowest BCUT2D eigenvalue weighted by molar-refractivity contribution is 0.511. The summed E-state index contributed by atoms with van der Waals surface area (Å²) in [6, 6.07) is 1.90. The molecule has 0 amide bonds. The fourth-order valence-electron chi connectivity index (χ4n) is 1.37. The molecule has 74 valence electrons. The Kier molecular flexibility index (Phi) is 2.11. The molecule has 0 aliphatic rings. The molecule has 2 heterocycles. The summed E-state index contributed by atoms with van der Waals surface area (Å²) in [5.74, 6) is 1.36. The standard InChI is InChI=1S/C9H10BrN3O/c1-4-8(12-13-9(4)11)6-3-7(10)14-5(6)2/h3H,1-2H3,(H3,11,12,13). The van der Waals surface area contributed by atoms with Crippen LogP contribution in [0.15, 0.2) is 15.2 Å². The number of nitrogens with two attached hydrogens (primary N) is 1. The minimum Gasteiger partial charge on any atom is -0.454 e. The first-order valence-electron chi connectivity index (χ1n) is 4.16. The van der Waals surface area contributed by atoms with Crippen LogP contribution in [-0.2, 0) is 0 Å². The second-order valence-electron chi connectivity index (χ2n) is 3.13. The van der Waals surface area contributed by atoms with Gasteiger partial charge in [0.2, 0.25) is 0 Å². The van der Waals surface area contributed by atoms with Crippen molar-refractivity contribution < 1.29 is 4.42 Å². The molecule has 4 nitrogen and oxygen atoms in total. The first-order chi connectivity index (χ1) is 6.59. The fourth-order valence-corrected chi connectivity index (χ4v) is 1.84. The quantitative estimate of drug-likeness (QED) is 0.824. The Morgan fingerprint density at radius 2 is 2.21 bits per heavy atom. The number of nitrogens with zero attached hydrogens (tertiary/aromatic N) is 1. The van der Waals surface area contributed by atoms with Gasteiger partial charge in [-0.05, 0) is 29.8 Å². The molecule has 2 rings (SSSR count). The van der Waals surface area contributed by atoms with Gasteiger partial charge < -0.3 is 10.2 Å². The Morgan fingerprint density at radius 1 is 1.50 bits per heavy atom. The Bertz CT molecular complexity index is 472. The van der Waals surface area contributed by atoms with Crippen molar-refractivity contribution in [1.29, 1.82) is 0 Å². The monoisotopic (exact) mass is 255 g/mol. The summed E-state index contributed by atoms with van der Waals surface area (Å²) >= 11 is 3.28. The molecule has 0 unspecified atom stereocenters. The Hall–Kier alpha value is -1.23. The van der Waals surface area contributed by atoms with Crippen LogP contribution in [0.5, 0.6) is 0 Å². The Morgan fingerprint density at radius 3 is 2.64 bits per heavy atom. The van der Waals surface area contributed by atoms with Crippen LogP contribution in [0.25, 0.3) is 11.3 Å². The zero-order chi connectivity index (χ0) is 10.3. The maximum atomic E-state index is 5.65. The van der Waals surface area contributed by atoms with E-state index < -0.39 is 0 Å². The molecule has 14 heavy (non-hydrogen) atoms. The van der Waals surface area contributed by atoms with Crippen LogP contribution in [0.2, 0.25) is 0 Å². The molecular formula is C9H10BrN3O. The number of rotatable bonds is 1. The van der Waals surface area contributed by atoms with E-state index in [9.17, 15) is 0 Å². The van der Waals surface area contributed by atoms with Crippen molar-refractivity contribution in [3.05, 3.63) is 22.1 Å². The van der Waals surface area contributed by atoms with E-state index in [0.29, 0.717) is 10.5 Å². The van der Waals surface area contributed by atoms with E-state index in [1.807, 2.05) is 19.9 Å². The topological polar surface area (TPSA) is 67.8 Å². The molecule has 0 spiro atoms. The van der Waals surface area contributed by atoms with Crippen LogP contribution in [0.4, 0.5) is 5.82 Å². The highest BCUT2D eigenvalue weighted by Gasteiger charge is 2.13. The van der Waals surface area contributed by atoms with E-state index in [-0.39, 0.29) is 0 Å². The zero-order valence-electron chi connectivity index (χ0n) is 7.89. The number of aromatic amines is 1. The van der Waals surface area contributed by atoms with Crippen molar-refractivity contribution in [2.45, 2.75) is 13.8 Å². The third-order valence-corrected chi connectivity index (χ3v) is 2.60. The molecule has 0 atom stereocenters. The van der Waals surface area contributed by atoms with Crippen molar-refractivity contribution in [2.24, 2.45) is 0 Å². The highest BCUT2D eigenvalue weighted by atomic mass is 79.9. The van der Waals surface area contributed by atoms with E-state index >= 15 is 0 Å². The molecule has 5 heteroatoms. The fraction of sp³-hybridized carbons (Fsp3) is 0.222. The summed E-state index contributed by atoms with van der Waals surface area (Å²) < 4.78 is 6.07. The van der Waals surface area contributed by atoms with Gasteiger partial charge in [0.05, 0.1) is 5.69 Å². The lowest BCUT2D eigenvalue weighted by Gasteiger charge is -1.95. The molecule has 0 fully saturated rings. The first-order valence-corrected chi connectivity index (χ1v) is 4.95. The van der Waals surface area contributed by atoms with Gasteiger partial charge >= 0.3 is 0 Å². The van der Waals surface area contributed by atoms with Crippen LogP contribution < -0.4 is 5.73 Å². The molecule has 0 bridgehead atoms. The molecule has 0 saturated heterocycles. The predicted molar refractivity (Wildman–Crippen MR) is 57.9 cm³/mol. The number of halogens is 1. The molecule has 0 saturated carbocycles. The molecule has 0 aliphatic heterocycles. The molecule has 2 aromatic rings. The van der Waals surface area contributed by atoms with Crippen LogP contribution in [0.1, 0.15) is 11.3 Å². The third kappa shape index (κ3) is 1.33. The molecule has 0 aliphatic carbocycles. The number of aromatic nitrogens is 2. The molecule has 0 radical (unpaired) electrons. The van der Waals surface area contributed by atoms with E-state index in [1.54, 1.807) is 0 Å². The number of aryl methyl sites for hydroxylation is 1. The van der Waals surface area contributed by atoms with Gasteiger partial charge in [0.15, 0.2) is 4.67 Å². The molecule has 2 aromatic heterocycles. The van der Waals surface area contributed by atoms with Crippen molar-refractivity contribution >= 4 is 21.7 Å². The van der Waals surface area contributed by atoms with Crippen LogP contribution in [-0.4, -0.2) is 10.2 Å². The number of nitrogens with one attached hydrogen (secondary N) is 1. The molecular weight excluding hydrogens is 246 g/mol. The Balaban J connectivity index is 2.59. The number of H-pyrrole nitrogens is 1. The van der Waals surface area contributed by atoms with Gasteiger partial charge in [-0.3, -0.25) is 5.10 Å². The second-order valence-corrected chi connectivity index (χ2v) is 3.91. The summed E-state index contributed by atoms with van der Waals surface area (Å²) in [4.78, 5) is 0. The van der Waals surface area contributed by atoms with E-state index in [1.165, 1.54) is 0 Å². The lowest BCUT2D eigenvalue weighted by atomic mass is 10.1. The normalized spacial score (nSPS) is 10.8. The van der Waals surface area contributed by atoms with Crippen LogP contribution >= 0.6 is 15.9 Å². The Labute approximate surface area is 89.6 Å². The van der Waals surface area contributed by atoms with Gasteiger partial charge in [-0.25, -0.2) is 0 Å². The minimum atomic E-state index is 0.525. The predicted octanol–water partition coefficient (Wildman–Crippen LogP) is 2.63. The summed E-state index contributed by atoms with van der Waals surface area (Å²) in [6.07, 6.45) is 0. The van der Waals surface area contributed by atoms with E-state index in [2.05, 4.69) is 26.1 Å². The molecule has 3 N–H and O–H groups in total. The zero-order valence-corrected chi connectivity index (χ0v) is 9.47. The molecule has 0 aromatic carbocycles. The second kappa shape index (κ2) is 3.16. The first kappa shape index (κ1) is 9.33. The maximum Gasteiger partial charge on any atom is 0.170 e. The summed E-state index contributed by atoms with van der Waals surface area (Å²) in [6.45, 7) is 3.82. The number of nitrogen functional groups attached to an aromatic ring is 1. The smallest absolute Gasteiger partial charge is 0.170 e.